The average Bonchev–Trinajstić information content (AvgIpc) is 2.42. The van der Waals surface area contributed by atoms with E-state index in [1.165, 1.54) is 0 Å². The summed E-state index contributed by atoms with van der Waals surface area (Å²) in [6.07, 6.45) is 0.370. The van der Waals surface area contributed by atoms with E-state index in [9.17, 15) is 9.18 Å². The lowest BCUT2D eigenvalue weighted by molar-refractivity contribution is 0.0532. The van der Waals surface area contributed by atoms with Crippen LogP contribution < -0.4 is 10.1 Å². The Bertz CT molecular complexity index is 489. The molecular formula is C16H22FNO3. The number of benzene rings is 1. The Morgan fingerprint density at radius 1 is 1.29 bits per heavy atom. The zero-order valence-electron chi connectivity index (χ0n) is 12.9. The first kappa shape index (κ1) is 17.0. The molecule has 0 heterocycles. The largest absolute Gasteiger partial charge is 0.497 e. The van der Waals surface area contributed by atoms with Crippen molar-refractivity contribution in [3.63, 3.8) is 0 Å². The number of carbonyl (C=O) groups excluding carboxylic acids is 1. The van der Waals surface area contributed by atoms with Gasteiger partial charge in [-0.1, -0.05) is 12.1 Å². The Kier molecular flexibility index (Phi) is 6.21. The first-order chi connectivity index (χ1) is 9.84. The van der Waals surface area contributed by atoms with Crippen molar-refractivity contribution in [1.82, 2.24) is 5.32 Å². The zero-order valence-corrected chi connectivity index (χ0v) is 12.9. The fraction of sp³-hybridized carbons (Fsp3) is 0.438. The van der Waals surface area contributed by atoms with Gasteiger partial charge in [-0.05, 0) is 50.5 Å². The Morgan fingerprint density at radius 3 is 2.38 bits per heavy atom. The molecule has 0 spiro atoms. The Balaban J connectivity index is 2.50. The van der Waals surface area contributed by atoms with E-state index in [2.05, 4.69) is 5.32 Å². The Hall–Kier alpha value is -2.04. The van der Waals surface area contributed by atoms with Crippen LogP contribution in [0, 0.1) is 0 Å². The number of hydrogen-bond donors (Lipinski definition) is 1. The highest BCUT2D eigenvalue weighted by Crippen LogP contribution is 2.14. The molecule has 0 saturated heterocycles. The number of halogens is 1. The molecule has 5 heteroatoms. The van der Waals surface area contributed by atoms with Crippen LogP contribution in [0.25, 0.3) is 0 Å². The van der Waals surface area contributed by atoms with Gasteiger partial charge in [-0.3, -0.25) is 0 Å². The second kappa shape index (κ2) is 7.67. The molecule has 1 amide bonds. The number of ether oxygens (including phenoxy) is 2. The SMILES string of the molecule is COc1ccc(CC(=CF)CNC(=O)OC(C)(C)C)cc1. The van der Waals surface area contributed by atoms with Gasteiger partial charge in [0, 0.05) is 6.54 Å². The highest BCUT2D eigenvalue weighted by Gasteiger charge is 2.16. The molecule has 0 aliphatic rings. The fourth-order valence-corrected chi connectivity index (χ4v) is 1.65. The number of methoxy groups -OCH3 is 1. The summed E-state index contributed by atoms with van der Waals surface area (Å²) < 4.78 is 23.1. The quantitative estimate of drug-likeness (QED) is 0.902. The van der Waals surface area contributed by atoms with Gasteiger partial charge in [0.15, 0.2) is 0 Å². The number of carbonyl (C=O) groups is 1. The first-order valence-corrected chi connectivity index (χ1v) is 6.72. The topological polar surface area (TPSA) is 47.6 Å². The summed E-state index contributed by atoms with van der Waals surface area (Å²) >= 11 is 0. The van der Waals surface area contributed by atoms with Gasteiger partial charge in [0.25, 0.3) is 0 Å². The van der Waals surface area contributed by atoms with Crippen LogP contribution in [0.1, 0.15) is 26.3 Å². The van der Waals surface area contributed by atoms with Gasteiger partial charge in [-0.2, -0.15) is 0 Å². The second-order valence-corrected chi connectivity index (χ2v) is 5.65. The molecule has 0 fully saturated rings. The van der Waals surface area contributed by atoms with E-state index < -0.39 is 11.7 Å². The van der Waals surface area contributed by atoms with Crippen molar-refractivity contribution in [1.29, 1.82) is 0 Å². The van der Waals surface area contributed by atoms with Gasteiger partial charge < -0.3 is 14.8 Å². The lowest BCUT2D eigenvalue weighted by atomic mass is 10.1. The van der Waals surface area contributed by atoms with Crippen molar-refractivity contribution in [3.8, 4) is 5.75 Å². The number of rotatable bonds is 5. The minimum Gasteiger partial charge on any atom is -0.497 e. The lowest BCUT2D eigenvalue weighted by Gasteiger charge is -2.20. The minimum absolute atomic E-state index is 0.109. The molecule has 4 nitrogen and oxygen atoms in total. The number of amides is 1. The highest BCUT2D eigenvalue weighted by molar-refractivity contribution is 5.68. The fourth-order valence-electron chi connectivity index (χ4n) is 1.65. The lowest BCUT2D eigenvalue weighted by Crippen LogP contribution is -2.33. The molecule has 0 saturated carbocycles. The van der Waals surface area contributed by atoms with Crippen LogP contribution in [0.4, 0.5) is 9.18 Å². The molecule has 1 aromatic rings. The second-order valence-electron chi connectivity index (χ2n) is 5.65. The number of nitrogens with one attached hydrogen (secondary N) is 1. The van der Waals surface area contributed by atoms with Crippen LogP contribution in [0.5, 0.6) is 5.75 Å². The van der Waals surface area contributed by atoms with Gasteiger partial charge in [0.1, 0.15) is 11.4 Å². The third kappa shape index (κ3) is 6.79. The molecule has 1 N–H and O–H groups in total. The molecule has 0 unspecified atom stereocenters. The number of alkyl carbamates (subject to hydrolysis) is 1. The molecule has 0 radical (unpaired) electrons. The van der Waals surface area contributed by atoms with Gasteiger partial charge in [-0.15, -0.1) is 0 Å². The van der Waals surface area contributed by atoms with E-state index in [0.29, 0.717) is 18.3 Å². The summed E-state index contributed by atoms with van der Waals surface area (Å²) in [6.45, 7) is 5.43. The normalized spacial score (nSPS) is 12.0. The van der Waals surface area contributed by atoms with Gasteiger partial charge in [-0.25, -0.2) is 9.18 Å². The summed E-state index contributed by atoms with van der Waals surface area (Å²) in [7, 11) is 1.59. The molecule has 116 valence electrons. The Labute approximate surface area is 124 Å². The molecule has 21 heavy (non-hydrogen) atoms. The van der Waals surface area contributed by atoms with E-state index in [-0.39, 0.29) is 6.54 Å². The maximum atomic E-state index is 12.9. The van der Waals surface area contributed by atoms with E-state index in [1.807, 2.05) is 24.3 Å². The van der Waals surface area contributed by atoms with Gasteiger partial charge >= 0.3 is 6.09 Å². The van der Waals surface area contributed by atoms with Gasteiger partial charge in [0.05, 0.1) is 13.4 Å². The van der Waals surface area contributed by atoms with Crippen molar-refractivity contribution in [2.75, 3.05) is 13.7 Å². The van der Waals surface area contributed by atoms with Crippen molar-refractivity contribution in [2.24, 2.45) is 0 Å². The summed E-state index contributed by atoms with van der Waals surface area (Å²) in [5.41, 5.74) is 0.830. The van der Waals surface area contributed by atoms with Crippen LogP contribution in [0.15, 0.2) is 36.2 Å². The van der Waals surface area contributed by atoms with E-state index in [4.69, 9.17) is 9.47 Å². The third-order valence-electron chi connectivity index (χ3n) is 2.60. The maximum absolute atomic E-state index is 12.9. The summed E-state index contributed by atoms with van der Waals surface area (Å²) in [6, 6.07) is 7.34. The Morgan fingerprint density at radius 2 is 1.90 bits per heavy atom. The molecule has 0 aromatic heterocycles. The monoisotopic (exact) mass is 295 g/mol. The molecule has 0 bridgehead atoms. The summed E-state index contributed by atoms with van der Waals surface area (Å²) in [5.74, 6) is 0.747. The maximum Gasteiger partial charge on any atom is 0.407 e. The zero-order chi connectivity index (χ0) is 15.9. The molecule has 0 aliphatic heterocycles. The van der Waals surface area contributed by atoms with Crippen LogP contribution in [0.3, 0.4) is 0 Å². The standard InChI is InChI=1S/C16H22FNO3/c1-16(2,3)21-15(19)18-11-13(10-17)9-12-5-7-14(20-4)8-6-12/h5-8,10H,9,11H2,1-4H3,(H,18,19). The number of hydrogen-bond acceptors (Lipinski definition) is 3. The van der Waals surface area contributed by atoms with E-state index in [0.717, 1.165) is 11.3 Å². The highest BCUT2D eigenvalue weighted by atomic mass is 19.1. The van der Waals surface area contributed by atoms with Crippen molar-refractivity contribution in [2.45, 2.75) is 32.8 Å². The van der Waals surface area contributed by atoms with Crippen molar-refractivity contribution >= 4 is 6.09 Å². The van der Waals surface area contributed by atoms with Crippen LogP contribution in [-0.4, -0.2) is 25.3 Å². The predicted octanol–water partition coefficient (Wildman–Crippen LogP) is 3.62. The molecule has 1 aromatic carbocycles. The molecule has 1 rings (SSSR count). The molecular weight excluding hydrogens is 273 g/mol. The molecule has 0 aliphatic carbocycles. The van der Waals surface area contributed by atoms with Crippen molar-refractivity contribution < 1.29 is 18.7 Å². The van der Waals surface area contributed by atoms with Crippen LogP contribution >= 0.6 is 0 Å². The molecule has 0 atom stereocenters. The van der Waals surface area contributed by atoms with Crippen molar-refractivity contribution in [3.05, 3.63) is 41.7 Å². The predicted molar refractivity (Wildman–Crippen MR) is 80.1 cm³/mol. The third-order valence-corrected chi connectivity index (χ3v) is 2.60. The smallest absolute Gasteiger partial charge is 0.407 e. The summed E-state index contributed by atoms with van der Waals surface area (Å²) in [5, 5.41) is 2.54. The summed E-state index contributed by atoms with van der Waals surface area (Å²) in [4.78, 5) is 11.5. The van der Waals surface area contributed by atoms with Crippen LogP contribution in [-0.2, 0) is 11.2 Å². The van der Waals surface area contributed by atoms with E-state index in [1.54, 1.807) is 27.9 Å². The average molecular weight is 295 g/mol. The van der Waals surface area contributed by atoms with Crippen LogP contribution in [0.2, 0.25) is 0 Å². The minimum atomic E-state index is -0.570. The van der Waals surface area contributed by atoms with E-state index >= 15 is 0 Å². The first-order valence-electron chi connectivity index (χ1n) is 6.72. The van der Waals surface area contributed by atoms with Gasteiger partial charge in [0.2, 0.25) is 0 Å².